The first-order chi connectivity index (χ1) is 13.2. The predicted octanol–water partition coefficient (Wildman–Crippen LogP) is 4.02. The standard InChI is InChI=1S/C20H15ClN2O4/c21-15-4-2-14(3-5-15)17-8-6-16(27-17)11-22-23-20(24)10-13-1-7-18-19(9-13)26-12-25-18/h1-9,11H,10,12H2,(H,23,24)/b22-11+. The molecule has 136 valence electrons. The zero-order chi connectivity index (χ0) is 18.6. The van der Waals surface area contributed by atoms with E-state index in [1.54, 1.807) is 30.3 Å². The normalized spacial score (nSPS) is 12.5. The van der Waals surface area contributed by atoms with Gasteiger partial charge in [-0.25, -0.2) is 5.43 Å². The number of hydrogen-bond acceptors (Lipinski definition) is 5. The second kappa shape index (κ2) is 7.55. The minimum Gasteiger partial charge on any atom is -0.455 e. The van der Waals surface area contributed by atoms with Crippen LogP contribution in [0.1, 0.15) is 11.3 Å². The summed E-state index contributed by atoms with van der Waals surface area (Å²) >= 11 is 5.88. The van der Waals surface area contributed by atoms with Crippen LogP contribution in [0.25, 0.3) is 11.3 Å². The Hall–Kier alpha value is -3.25. The van der Waals surface area contributed by atoms with E-state index in [0.29, 0.717) is 28.0 Å². The van der Waals surface area contributed by atoms with Crippen molar-refractivity contribution in [2.75, 3.05) is 6.79 Å². The van der Waals surface area contributed by atoms with Gasteiger partial charge in [0.05, 0.1) is 12.6 Å². The number of halogens is 1. The molecular weight excluding hydrogens is 368 g/mol. The Balaban J connectivity index is 1.34. The van der Waals surface area contributed by atoms with E-state index in [-0.39, 0.29) is 19.1 Å². The summed E-state index contributed by atoms with van der Waals surface area (Å²) in [5.41, 5.74) is 4.21. The summed E-state index contributed by atoms with van der Waals surface area (Å²) in [7, 11) is 0. The summed E-state index contributed by atoms with van der Waals surface area (Å²) in [6.07, 6.45) is 1.64. The molecule has 1 N–H and O–H groups in total. The molecule has 27 heavy (non-hydrogen) atoms. The number of nitrogens with one attached hydrogen (secondary N) is 1. The van der Waals surface area contributed by atoms with Crippen LogP contribution < -0.4 is 14.9 Å². The molecule has 0 unspecified atom stereocenters. The molecular formula is C20H15ClN2O4. The zero-order valence-corrected chi connectivity index (χ0v) is 14.9. The van der Waals surface area contributed by atoms with Gasteiger partial charge in [0.1, 0.15) is 11.5 Å². The molecule has 0 saturated carbocycles. The summed E-state index contributed by atoms with van der Waals surface area (Å²) in [4.78, 5) is 12.0. The number of fused-ring (bicyclic) bond motifs is 1. The molecule has 0 fully saturated rings. The summed E-state index contributed by atoms with van der Waals surface area (Å²) in [6.45, 7) is 0.205. The van der Waals surface area contributed by atoms with Crippen molar-refractivity contribution in [2.24, 2.45) is 5.10 Å². The van der Waals surface area contributed by atoms with Crippen molar-refractivity contribution in [2.45, 2.75) is 6.42 Å². The van der Waals surface area contributed by atoms with Gasteiger partial charge in [0, 0.05) is 10.6 Å². The van der Waals surface area contributed by atoms with Gasteiger partial charge in [-0.15, -0.1) is 0 Å². The molecule has 0 atom stereocenters. The molecule has 1 amide bonds. The fourth-order valence-electron chi connectivity index (χ4n) is 2.64. The number of benzene rings is 2. The maximum Gasteiger partial charge on any atom is 0.244 e. The third-order valence-corrected chi connectivity index (χ3v) is 4.19. The first-order valence-corrected chi connectivity index (χ1v) is 8.61. The highest BCUT2D eigenvalue weighted by Gasteiger charge is 2.14. The van der Waals surface area contributed by atoms with Crippen LogP contribution in [-0.2, 0) is 11.2 Å². The van der Waals surface area contributed by atoms with E-state index in [2.05, 4.69) is 10.5 Å². The van der Waals surface area contributed by atoms with Crippen molar-refractivity contribution >= 4 is 23.7 Å². The Labute approximate surface area is 160 Å². The fourth-order valence-corrected chi connectivity index (χ4v) is 2.76. The topological polar surface area (TPSA) is 73.1 Å². The second-order valence-corrected chi connectivity index (χ2v) is 6.30. The molecule has 0 radical (unpaired) electrons. The van der Waals surface area contributed by atoms with Crippen molar-refractivity contribution in [1.82, 2.24) is 5.43 Å². The molecule has 6 nitrogen and oxygen atoms in total. The van der Waals surface area contributed by atoms with Crippen LogP contribution in [0.15, 0.2) is 64.1 Å². The van der Waals surface area contributed by atoms with E-state index >= 15 is 0 Å². The van der Waals surface area contributed by atoms with Crippen molar-refractivity contribution in [3.8, 4) is 22.8 Å². The average Bonchev–Trinajstić information content (AvgIpc) is 3.31. The lowest BCUT2D eigenvalue weighted by Crippen LogP contribution is -2.19. The van der Waals surface area contributed by atoms with Gasteiger partial charge < -0.3 is 13.9 Å². The molecule has 4 rings (SSSR count). The summed E-state index contributed by atoms with van der Waals surface area (Å²) < 4.78 is 16.2. The highest BCUT2D eigenvalue weighted by atomic mass is 35.5. The molecule has 2 aromatic carbocycles. The average molecular weight is 383 g/mol. The van der Waals surface area contributed by atoms with Crippen molar-refractivity contribution in [3.05, 3.63) is 70.9 Å². The van der Waals surface area contributed by atoms with E-state index in [9.17, 15) is 4.79 Å². The van der Waals surface area contributed by atoms with Gasteiger partial charge in [-0.3, -0.25) is 4.79 Å². The van der Waals surface area contributed by atoms with Gasteiger partial charge in [-0.2, -0.15) is 5.10 Å². The van der Waals surface area contributed by atoms with Crippen molar-refractivity contribution < 1.29 is 18.7 Å². The van der Waals surface area contributed by atoms with Crippen molar-refractivity contribution in [1.29, 1.82) is 0 Å². The Kier molecular flexibility index (Phi) is 4.80. The van der Waals surface area contributed by atoms with Gasteiger partial charge in [0.25, 0.3) is 0 Å². The zero-order valence-electron chi connectivity index (χ0n) is 14.1. The Morgan fingerprint density at radius 1 is 1.07 bits per heavy atom. The highest BCUT2D eigenvalue weighted by molar-refractivity contribution is 6.30. The number of nitrogens with zero attached hydrogens (tertiary/aromatic N) is 1. The van der Waals surface area contributed by atoms with Gasteiger partial charge in [-0.1, -0.05) is 17.7 Å². The Morgan fingerprint density at radius 2 is 1.89 bits per heavy atom. The lowest BCUT2D eigenvalue weighted by Gasteiger charge is -2.02. The number of rotatable bonds is 5. The molecule has 0 bridgehead atoms. The van der Waals surface area contributed by atoms with E-state index in [1.165, 1.54) is 6.21 Å². The monoisotopic (exact) mass is 382 g/mol. The SMILES string of the molecule is O=C(Cc1ccc2c(c1)OCO2)N/N=C/c1ccc(-c2ccc(Cl)cc2)o1. The van der Waals surface area contributed by atoms with Crippen LogP contribution in [0.2, 0.25) is 5.02 Å². The number of carbonyl (C=O) groups excluding carboxylic acids is 1. The predicted molar refractivity (Wildman–Crippen MR) is 101 cm³/mol. The van der Waals surface area contributed by atoms with Gasteiger partial charge in [-0.05, 0) is 54.1 Å². The van der Waals surface area contributed by atoms with E-state index in [4.69, 9.17) is 25.5 Å². The first-order valence-electron chi connectivity index (χ1n) is 8.23. The fraction of sp³-hybridized carbons (Fsp3) is 0.100. The van der Waals surface area contributed by atoms with E-state index in [1.807, 2.05) is 24.3 Å². The second-order valence-electron chi connectivity index (χ2n) is 5.87. The van der Waals surface area contributed by atoms with Crippen LogP contribution in [0, 0.1) is 0 Å². The molecule has 0 saturated heterocycles. The Bertz CT molecular complexity index is 995. The largest absolute Gasteiger partial charge is 0.455 e. The molecule has 2 heterocycles. The molecule has 3 aromatic rings. The third kappa shape index (κ3) is 4.12. The van der Waals surface area contributed by atoms with Gasteiger partial charge >= 0.3 is 0 Å². The minimum absolute atomic E-state index is 0.183. The quantitative estimate of drug-likeness (QED) is 0.534. The van der Waals surface area contributed by atoms with E-state index < -0.39 is 0 Å². The highest BCUT2D eigenvalue weighted by Crippen LogP contribution is 2.32. The van der Waals surface area contributed by atoms with Gasteiger partial charge in [0.2, 0.25) is 12.7 Å². The van der Waals surface area contributed by atoms with Crippen LogP contribution in [0.3, 0.4) is 0 Å². The number of furan rings is 1. The maximum atomic E-state index is 12.0. The minimum atomic E-state index is -0.241. The first kappa shape index (κ1) is 17.2. The van der Waals surface area contributed by atoms with Gasteiger partial charge in [0.15, 0.2) is 11.5 Å². The van der Waals surface area contributed by atoms with Crippen LogP contribution in [0.5, 0.6) is 11.5 Å². The molecule has 0 spiro atoms. The maximum absolute atomic E-state index is 12.0. The summed E-state index contributed by atoms with van der Waals surface area (Å²) in [5, 5.41) is 4.60. The summed E-state index contributed by atoms with van der Waals surface area (Å²) in [6, 6.07) is 16.3. The van der Waals surface area contributed by atoms with Crippen molar-refractivity contribution in [3.63, 3.8) is 0 Å². The van der Waals surface area contributed by atoms with Crippen LogP contribution in [-0.4, -0.2) is 18.9 Å². The number of ether oxygens (including phenoxy) is 2. The lowest BCUT2D eigenvalue weighted by atomic mass is 10.1. The number of hydrazone groups is 1. The summed E-state index contributed by atoms with van der Waals surface area (Å²) in [5.74, 6) is 2.32. The molecule has 7 heteroatoms. The smallest absolute Gasteiger partial charge is 0.244 e. The molecule has 1 aromatic heterocycles. The molecule has 1 aliphatic rings. The molecule has 0 aliphatic carbocycles. The number of carbonyl (C=O) groups is 1. The van der Waals surface area contributed by atoms with Crippen LogP contribution >= 0.6 is 11.6 Å². The lowest BCUT2D eigenvalue weighted by molar-refractivity contribution is -0.120. The Morgan fingerprint density at radius 3 is 2.74 bits per heavy atom. The molecule has 1 aliphatic heterocycles. The number of amides is 1. The van der Waals surface area contributed by atoms with E-state index in [0.717, 1.165) is 11.1 Å². The van der Waals surface area contributed by atoms with Crippen LogP contribution in [0.4, 0.5) is 0 Å². The number of hydrogen-bond donors (Lipinski definition) is 1. The third-order valence-electron chi connectivity index (χ3n) is 3.94.